The molecule has 3 heterocycles. The summed E-state index contributed by atoms with van der Waals surface area (Å²) in [7, 11) is 0. The molecule has 0 saturated carbocycles. The van der Waals surface area contributed by atoms with Crippen LogP contribution < -0.4 is 10.6 Å². The number of aryl methyl sites for hydroxylation is 1. The van der Waals surface area contributed by atoms with Crippen LogP contribution in [0, 0.1) is 28.4 Å². The quantitative estimate of drug-likeness (QED) is 0.673. The van der Waals surface area contributed by atoms with Crippen LogP contribution >= 0.6 is 11.3 Å². The molecule has 0 spiro atoms. The first-order chi connectivity index (χ1) is 10.5. The molecular weight excluding hydrogens is 302 g/mol. The molecule has 22 heavy (non-hydrogen) atoms. The summed E-state index contributed by atoms with van der Waals surface area (Å²) in [6, 6.07) is 3.69. The molecule has 1 aliphatic heterocycles. The van der Waals surface area contributed by atoms with Crippen molar-refractivity contribution in [3.63, 3.8) is 0 Å². The van der Waals surface area contributed by atoms with Gasteiger partial charge in [-0.15, -0.1) is 11.3 Å². The number of pyridine rings is 1. The number of nitrogens with zero attached hydrogens (tertiary/aromatic N) is 4. The van der Waals surface area contributed by atoms with Crippen molar-refractivity contribution < 1.29 is 4.92 Å². The zero-order valence-corrected chi connectivity index (χ0v) is 12.7. The second-order valence-electron chi connectivity index (χ2n) is 5.12. The van der Waals surface area contributed by atoms with Crippen molar-refractivity contribution in [2.45, 2.75) is 19.9 Å². The van der Waals surface area contributed by atoms with Gasteiger partial charge in [0, 0.05) is 17.5 Å². The normalized spacial score (nSPS) is 13.5. The first kappa shape index (κ1) is 14.3. The molecule has 0 unspecified atom stereocenters. The lowest BCUT2D eigenvalue weighted by molar-refractivity contribution is -0.385. The molecule has 0 atom stereocenters. The minimum Gasteiger partial charge on any atom is -0.389 e. The molecule has 0 bridgehead atoms. The number of nitriles is 1. The van der Waals surface area contributed by atoms with E-state index in [-0.39, 0.29) is 5.69 Å². The summed E-state index contributed by atoms with van der Waals surface area (Å²) in [4.78, 5) is 17.7. The van der Waals surface area contributed by atoms with E-state index in [1.807, 2.05) is 6.92 Å². The molecule has 0 saturated heterocycles. The Hall–Kier alpha value is -2.66. The van der Waals surface area contributed by atoms with E-state index in [1.54, 1.807) is 0 Å². The molecule has 1 aliphatic rings. The lowest BCUT2D eigenvalue weighted by Crippen LogP contribution is -2.31. The van der Waals surface area contributed by atoms with Crippen LogP contribution in [0.15, 0.2) is 12.3 Å². The van der Waals surface area contributed by atoms with Crippen LogP contribution in [0.25, 0.3) is 0 Å². The zero-order chi connectivity index (χ0) is 15.9. The molecule has 2 aromatic heterocycles. The largest absolute Gasteiger partial charge is 0.389 e. The highest BCUT2D eigenvalue weighted by molar-refractivity contribution is 7.16. The number of anilines is 2. The minimum atomic E-state index is -0.447. The summed E-state index contributed by atoms with van der Waals surface area (Å²) in [6.07, 6.45) is 2.01. The Morgan fingerprint density at radius 3 is 3.00 bits per heavy atom. The third-order valence-corrected chi connectivity index (χ3v) is 4.79. The number of thiophene rings is 1. The fourth-order valence-corrected chi connectivity index (χ4v) is 3.80. The van der Waals surface area contributed by atoms with Crippen molar-refractivity contribution in [1.29, 1.82) is 5.26 Å². The summed E-state index contributed by atoms with van der Waals surface area (Å²) in [6.45, 7) is 3.15. The molecule has 0 fully saturated rings. The lowest BCUT2D eigenvalue weighted by atomic mass is 10.0. The molecule has 0 amide bonds. The number of hydrogen-bond donors (Lipinski definition) is 1. The van der Waals surface area contributed by atoms with E-state index in [9.17, 15) is 10.1 Å². The highest BCUT2D eigenvalue weighted by Gasteiger charge is 2.25. The van der Waals surface area contributed by atoms with Gasteiger partial charge in [-0.2, -0.15) is 5.26 Å². The monoisotopic (exact) mass is 315 g/mol. The maximum Gasteiger partial charge on any atom is 0.287 e. The Balaban J connectivity index is 1.92. The summed E-state index contributed by atoms with van der Waals surface area (Å²) < 4.78 is 0. The molecule has 8 heteroatoms. The van der Waals surface area contributed by atoms with Crippen molar-refractivity contribution in [3.8, 4) is 6.07 Å². The average molecular weight is 315 g/mol. The Labute approximate surface area is 130 Å². The van der Waals surface area contributed by atoms with Crippen molar-refractivity contribution >= 4 is 27.8 Å². The smallest absolute Gasteiger partial charge is 0.287 e. The van der Waals surface area contributed by atoms with Gasteiger partial charge in [-0.05, 0) is 24.5 Å². The molecule has 3 rings (SSSR count). The van der Waals surface area contributed by atoms with E-state index in [2.05, 4.69) is 16.0 Å². The Morgan fingerprint density at radius 2 is 2.36 bits per heavy atom. The zero-order valence-electron chi connectivity index (χ0n) is 11.9. The summed E-state index contributed by atoms with van der Waals surface area (Å²) >= 11 is 1.43. The van der Waals surface area contributed by atoms with Crippen LogP contribution in [0.5, 0.6) is 0 Å². The van der Waals surface area contributed by atoms with Crippen LogP contribution in [0.3, 0.4) is 0 Å². The summed E-state index contributed by atoms with van der Waals surface area (Å²) in [5.41, 5.74) is 8.26. The van der Waals surface area contributed by atoms with Crippen LogP contribution in [-0.2, 0) is 13.0 Å². The van der Waals surface area contributed by atoms with Gasteiger partial charge in [-0.3, -0.25) is 10.1 Å². The SMILES string of the molecule is Cc1cc([N+](=O)[O-])cnc1N1CCc2c(sc(N)c2C#N)C1. The third-order valence-electron chi connectivity index (χ3n) is 3.74. The predicted molar refractivity (Wildman–Crippen MR) is 83.8 cm³/mol. The number of rotatable bonds is 2. The van der Waals surface area contributed by atoms with Gasteiger partial charge in [0.15, 0.2) is 0 Å². The van der Waals surface area contributed by atoms with Gasteiger partial charge in [0.05, 0.1) is 17.0 Å². The lowest BCUT2D eigenvalue weighted by Gasteiger charge is -2.29. The number of nitrogen functional groups attached to an aromatic ring is 1. The molecule has 2 N–H and O–H groups in total. The number of nitrogens with two attached hydrogens (primary N) is 1. The Morgan fingerprint density at radius 1 is 1.59 bits per heavy atom. The predicted octanol–water partition coefficient (Wildman–Crippen LogP) is 2.38. The van der Waals surface area contributed by atoms with Gasteiger partial charge in [-0.25, -0.2) is 4.98 Å². The van der Waals surface area contributed by atoms with E-state index < -0.39 is 4.92 Å². The second kappa shape index (κ2) is 5.27. The Bertz CT molecular complexity index is 808. The third kappa shape index (κ3) is 2.25. The maximum atomic E-state index is 10.8. The van der Waals surface area contributed by atoms with E-state index in [0.29, 0.717) is 23.7 Å². The molecule has 0 radical (unpaired) electrons. The molecule has 7 nitrogen and oxygen atoms in total. The average Bonchev–Trinajstić information content (AvgIpc) is 2.81. The van der Waals surface area contributed by atoms with Crippen LogP contribution in [0.4, 0.5) is 16.5 Å². The fraction of sp³-hybridized carbons (Fsp3) is 0.286. The van der Waals surface area contributed by atoms with Crippen LogP contribution in [0.1, 0.15) is 21.6 Å². The van der Waals surface area contributed by atoms with Crippen LogP contribution in [-0.4, -0.2) is 16.5 Å². The van der Waals surface area contributed by atoms with Crippen molar-refractivity contribution in [3.05, 3.63) is 43.9 Å². The standard InChI is InChI=1S/C14H13N5O2S/c1-8-4-9(19(20)21)6-17-14(8)18-3-2-10-11(5-15)13(16)22-12(10)7-18/h4,6H,2-3,7,16H2,1H3. The minimum absolute atomic E-state index is 0.00826. The molecule has 0 aromatic carbocycles. The van der Waals surface area contributed by atoms with Crippen molar-refractivity contribution in [2.24, 2.45) is 0 Å². The topological polar surface area (TPSA) is 109 Å². The van der Waals surface area contributed by atoms with E-state index >= 15 is 0 Å². The van der Waals surface area contributed by atoms with Gasteiger partial charge < -0.3 is 10.6 Å². The van der Waals surface area contributed by atoms with Gasteiger partial charge in [-0.1, -0.05) is 0 Å². The summed E-state index contributed by atoms with van der Waals surface area (Å²) in [5, 5.41) is 20.5. The highest BCUT2D eigenvalue weighted by Crippen LogP contribution is 2.36. The van der Waals surface area contributed by atoms with Gasteiger partial charge in [0.2, 0.25) is 0 Å². The van der Waals surface area contributed by atoms with E-state index in [4.69, 9.17) is 11.0 Å². The summed E-state index contributed by atoms with van der Waals surface area (Å²) in [5.74, 6) is 0.738. The van der Waals surface area contributed by atoms with Crippen molar-refractivity contribution in [2.75, 3.05) is 17.2 Å². The first-order valence-corrected chi connectivity index (χ1v) is 7.49. The van der Waals surface area contributed by atoms with Crippen LogP contribution in [0.2, 0.25) is 0 Å². The number of aromatic nitrogens is 1. The number of fused-ring (bicyclic) bond motifs is 1. The number of hydrogen-bond acceptors (Lipinski definition) is 7. The molecule has 0 aliphatic carbocycles. The Kier molecular flexibility index (Phi) is 3.42. The molecule has 2 aromatic rings. The maximum absolute atomic E-state index is 10.8. The van der Waals surface area contributed by atoms with E-state index in [0.717, 1.165) is 28.2 Å². The molecular formula is C14H13N5O2S. The van der Waals surface area contributed by atoms with Gasteiger partial charge in [0.25, 0.3) is 5.69 Å². The fourth-order valence-electron chi connectivity index (χ4n) is 2.71. The van der Waals surface area contributed by atoms with Gasteiger partial charge >= 0.3 is 0 Å². The van der Waals surface area contributed by atoms with E-state index in [1.165, 1.54) is 23.6 Å². The molecule has 112 valence electrons. The van der Waals surface area contributed by atoms with Gasteiger partial charge in [0.1, 0.15) is 23.1 Å². The first-order valence-electron chi connectivity index (χ1n) is 6.67. The number of nitro groups is 1. The second-order valence-corrected chi connectivity index (χ2v) is 6.25. The van der Waals surface area contributed by atoms with Crippen molar-refractivity contribution in [1.82, 2.24) is 4.98 Å². The highest BCUT2D eigenvalue weighted by atomic mass is 32.1.